The molecule has 3 rings (SSSR count). The lowest BCUT2D eigenvalue weighted by molar-refractivity contribution is -0.384. The van der Waals surface area contributed by atoms with Gasteiger partial charge in [0.15, 0.2) is 0 Å². The third-order valence-corrected chi connectivity index (χ3v) is 4.37. The van der Waals surface area contributed by atoms with Crippen molar-refractivity contribution < 1.29 is 9.72 Å². The number of nitrogens with one attached hydrogen (secondary N) is 2. The van der Waals surface area contributed by atoms with Gasteiger partial charge in [-0.25, -0.2) is 4.98 Å². The van der Waals surface area contributed by atoms with E-state index in [4.69, 9.17) is 0 Å². The molecule has 144 valence electrons. The molecule has 2 N–H and O–H groups in total. The van der Waals surface area contributed by atoms with Crippen LogP contribution in [0.4, 0.5) is 11.4 Å². The van der Waals surface area contributed by atoms with E-state index in [1.165, 1.54) is 6.07 Å². The predicted octanol–water partition coefficient (Wildman–Crippen LogP) is 3.70. The first-order valence-electron chi connectivity index (χ1n) is 8.91. The van der Waals surface area contributed by atoms with E-state index in [-0.39, 0.29) is 23.2 Å². The van der Waals surface area contributed by atoms with E-state index >= 15 is 0 Å². The highest BCUT2D eigenvalue weighted by molar-refractivity contribution is 5.96. The Morgan fingerprint density at radius 3 is 2.61 bits per heavy atom. The second kappa shape index (κ2) is 8.34. The van der Waals surface area contributed by atoms with Crippen LogP contribution in [0.3, 0.4) is 0 Å². The normalized spacial score (nSPS) is 11.6. The summed E-state index contributed by atoms with van der Waals surface area (Å²) in [7, 11) is 0. The molecule has 0 saturated heterocycles. The Morgan fingerprint density at radius 1 is 1.25 bits per heavy atom. The number of carbonyl (C=O) groups excluding carboxylic acids is 1. The topological polar surface area (TPSA) is 102 Å². The molecule has 2 aromatic carbocycles. The van der Waals surface area contributed by atoms with Crippen molar-refractivity contribution in [3.63, 3.8) is 0 Å². The summed E-state index contributed by atoms with van der Waals surface area (Å²) in [4.78, 5) is 27.4. The zero-order valence-electron chi connectivity index (χ0n) is 15.6. The summed E-state index contributed by atoms with van der Waals surface area (Å²) in [5, 5.41) is 17.1. The molecule has 0 bridgehead atoms. The Balaban J connectivity index is 1.73. The Kier molecular flexibility index (Phi) is 5.69. The summed E-state index contributed by atoms with van der Waals surface area (Å²) in [5.74, 6) is -0.364. The van der Waals surface area contributed by atoms with Crippen molar-refractivity contribution >= 4 is 17.3 Å². The molecule has 0 aliphatic rings. The van der Waals surface area contributed by atoms with Gasteiger partial charge in [-0.1, -0.05) is 12.1 Å². The molecule has 8 heteroatoms. The Morgan fingerprint density at radius 2 is 2.00 bits per heavy atom. The van der Waals surface area contributed by atoms with E-state index in [1.54, 1.807) is 24.7 Å². The van der Waals surface area contributed by atoms with Crippen LogP contribution in [0.1, 0.15) is 35.8 Å². The lowest BCUT2D eigenvalue weighted by Gasteiger charge is -2.15. The fourth-order valence-electron chi connectivity index (χ4n) is 2.87. The summed E-state index contributed by atoms with van der Waals surface area (Å²) in [6.45, 7) is 4.27. The minimum absolute atomic E-state index is 0.119. The molecule has 0 spiro atoms. The zero-order valence-corrected chi connectivity index (χ0v) is 15.6. The van der Waals surface area contributed by atoms with Crippen LogP contribution in [0.2, 0.25) is 0 Å². The summed E-state index contributed by atoms with van der Waals surface area (Å²) in [6.07, 6.45) is 5.27. The number of hydrogen-bond donors (Lipinski definition) is 2. The van der Waals surface area contributed by atoms with Gasteiger partial charge in [0, 0.05) is 36.3 Å². The van der Waals surface area contributed by atoms with Gasteiger partial charge < -0.3 is 15.2 Å². The summed E-state index contributed by atoms with van der Waals surface area (Å²) in [6, 6.07) is 11.9. The fourth-order valence-corrected chi connectivity index (χ4v) is 2.87. The smallest absolute Gasteiger partial charge is 0.293 e. The molecule has 0 aliphatic heterocycles. The largest absolute Gasteiger partial charge is 0.380 e. The minimum atomic E-state index is -0.493. The molecule has 0 fully saturated rings. The Hall–Kier alpha value is -3.68. The second-order valence-electron chi connectivity index (χ2n) is 6.28. The first-order valence-corrected chi connectivity index (χ1v) is 8.91. The highest BCUT2D eigenvalue weighted by Gasteiger charge is 2.18. The van der Waals surface area contributed by atoms with Crippen LogP contribution in [0, 0.1) is 10.1 Å². The number of nitrogens with zero attached hydrogens (tertiary/aromatic N) is 3. The Labute approximate surface area is 162 Å². The van der Waals surface area contributed by atoms with Crippen LogP contribution < -0.4 is 10.6 Å². The van der Waals surface area contributed by atoms with Gasteiger partial charge in [0.25, 0.3) is 11.6 Å². The quantitative estimate of drug-likeness (QED) is 0.481. The van der Waals surface area contributed by atoms with Gasteiger partial charge in [0.1, 0.15) is 5.69 Å². The maximum absolute atomic E-state index is 12.6. The summed E-state index contributed by atoms with van der Waals surface area (Å²) < 4.78 is 1.89. The number of rotatable bonds is 7. The first-order chi connectivity index (χ1) is 13.5. The Bertz CT molecular complexity index is 968. The maximum Gasteiger partial charge on any atom is 0.293 e. The average Bonchev–Trinajstić information content (AvgIpc) is 3.23. The van der Waals surface area contributed by atoms with Crippen LogP contribution >= 0.6 is 0 Å². The van der Waals surface area contributed by atoms with E-state index in [1.807, 2.05) is 48.9 Å². The standard InChI is InChI=1S/C20H21N5O3/c1-3-22-18-9-6-16(12-19(18)25(27)28)20(26)23-14(2)15-4-7-17(8-5-15)24-11-10-21-13-24/h4-14,22H,3H2,1-2H3,(H,23,26)/t14-/m1/s1. The lowest BCUT2D eigenvalue weighted by atomic mass is 10.1. The number of nitro benzene ring substituents is 1. The number of imidazole rings is 1. The van der Waals surface area contributed by atoms with Gasteiger partial charge in [0.2, 0.25) is 0 Å². The number of benzene rings is 2. The van der Waals surface area contributed by atoms with Crippen molar-refractivity contribution in [3.05, 3.63) is 82.4 Å². The molecule has 0 aliphatic carbocycles. The number of hydrogen-bond acceptors (Lipinski definition) is 5. The molecule has 0 saturated carbocycles. The number of nitro groups is 1. The SMILES string of the molecule is CCNc1ccc(C(=O)N[C@H](C)c2ccc(-n3ccnc3)cc2)cc1[N+](=O)[O-]. The molecule has 1 amide bonds. The molecule has 0 radical (unpaired) electrons. The monoisotopic (exact) mass is 379 g/mol. The van der Waals surface area contributed by atoms with Crippen LogP contribution in [-0.4, -0.2) is 26.9 Å². The number of amides is 1. The lowest BCUT2D eigenvalue weighted by Crippen LogP contribution is -2.26. The number of carbonyl (C=O) groups is 1. The average molecular weight is 379 g/mol. The number of aromatic nitrogens is 2. The van der Waals surface area contributed by atoms with Gasteiger partial charge in [0.05, 0.1) is 17.3 Å². The van der Waals surface area contributed by atoms with E-state index in [0.29, 0.717) is 12.2 Å². The maximum atomic E-state index is 12.6. The molecular formula is C20H21N5O3. The van der Waals surface area contributed by atoms with Crippen molar-refractivity contribution in [3.8, 4) is 5.69 Å². The van der Waals surface area contributed by atoms with Crippen LogP contribution in [0.25, 0.3) is 5.69 Å². The third-order valence-electron chi connectivity index (χ3n) is 4.37. The zero-order chi connectivity index (χ0) is 20.1. The highest BCUT2D eigenvalue weighted by Crippen LogP contribution is 2.26. The van der Waals surface area contributed by atoms with Gasteiger partial charge in [-0.15, -0.1) is 0 Å². The van der Waals surface area contributed by atoms with Gasteiger partial charge in [-0.05, 0) is 43.7 Å². The van der Waals surface area contributed by atoms with Gasteiger partial charge >= 0.3 is 0 Å². The van der Waals surface area contributed by atoms with Crippen molar-refractivity contribution in [2.45, 2.75) is 19.9 Å². The molecule has 3 aromatic rings. The van der Waals surface area contributed by atoms with Crippen molar-refractivity contribution in [1.82, 2.24) is 14.9 Å². The molecular weight excluding hydrogens is 358 g/mol. The summed E-state index contributed by atoms with van der Waals surface area (Å²) in [5.41, 5.74) is 2.42. The van der Waals surface area contributed by atoms with E-state index in [0.717, 1.165) is 11.3 Å². The molecule has 28 heavy (non-hydrogen) atoms. The van der Waals surface area contributed by atoms with E-state index in [9.17, 15) is 14.9 Å². The summed E-state index contributed by atoms with van der Waals surface area (Å²) >= 11 is 0. The van der Waals surface area contributed by atoms with E-state index < -0.39 is 4.92 Å². The number of anilines is 1. The molecule has 1 aromatic heterocycles. The van der Waals surface area contributed by atoms with Gasteiger partial charge in [-0.3, -0.25) is 14.9 Å². The van der Waals surface area contributed by atoms with E-state index in [2.05, 4.69) is 15.6 Å². The van der Waals surface area contributed by atoms with Crippen LogP contribution in [0.15, 0.2) is 61.2 Å². The first kappa shape index (κ1) is 19.1. The predicted molar refractivity (Wildman–Crippen MR) is 107 cm³/mol. The fraction of sp³-hybridized carbons (Fsp3) is 0.200. The van der Waals surface area contributed by atoms with Crippen molar-refractivity contribution in [1.29, 1.82) is 0 Å². The highest BCUT2D eigenvalue weighted by atomic mass is 16.6. The molecule has 1 heterocycles. The van der Waals surface area contributed by atoms with Crippen molar-refractivity contribution in [2.24, 2.45) is 0 Å². The molecule has 0 unspecified atom stereocenters. The molecule has 1 atom stereocenters. The molecule has 8 nitrogen and oxygen atoms in total. The third kappa shape index (κ3) is 4.17. The van der Waals surface area contributed by atoms with Crippen molar-refractivity contribution in [2.75, 3.05) is 11.9 Å². The van der Waals surface area contributed by atoms with Gasteiger partial charge in [-0.2, -0.15) is 0 Å². The van der Waals surface area contributed by atoms with Crippen LogP contribution in [-0.2, 0) is 0 Å². The van der Waals surface area contributed by atoms with Crippen LogP contribution in [0.5, 0.6) is 0 Å². The minimum Gasteiger partial charge on any atom is -0.380 e. The second-order valence-corrected chi connectivity index (χ2v) is 6.28.